The van der Waals surface area contributed by atoms with Gasteiger partial charge in [-0.25, -0.2) is 0 Å². The lowest BCUT2D eigenvalue weighted by atomic mass is 10.1. The molecule has 1 N–H and O–H groups in total. The quantitative estimate of drug-likeness (QED) is 0.893. The third-order valence-corrected chi connectivity index (χ3v) is 4.39. The Balaban J connectivity index is 1.61. The largest absolute Gasteiger partial charge is 0.338 e. The van der Waals surface area contributed by atoms with E-state index in [1.54, 1.807) is 4.90 Å². The van der Waals surface area contributed by atoms with Crippen LogP contribution in [0.4, 0.5) is 5.69 Å². The number of halogens is 1. The molecule has 0 spiro atoms. The second-order valence-electron chi connectivity index (χ2n) is 5.66. The topological polar surface area (TPSA) is 49.4 Å². The standard InChI is InChI=1S/C18H17BrN2O2/c19-15-7-4-8-16(10-15)20-18(23)14-9-17(22)21(12-14)11-13-5-2-1-3-6-13/h1-8,10,14H,9,11-12H2,(H,20,23)/t14-/m0/s1. The molecule has 3 rings (SSSR count). The first kappa shape index (κ1) is 15.7. The first-order chi connectivity index (χ1) is 11.1. The van der Waals surface area contributed by atoms with Gasteiger partial charge in [-0.2, -0.15) is 0 Å². The highest BCUT2D eigenvalue weighted by Gasteiger charge is 2.34. The van der Waals surface area contributed by atoms with Gasteiger partial charge in [-0.1, -0.05) is 52.3 Å². The molecule has 1 atom stereocenters. The normalized spacial score (nSPS) is 17.3. The molecule has 5 heteroatoms. The van der Waals surface area contributed by atoms with Crippen molar-refractivity contribution >= 4 is 33.4 Å². The summed E-state index contributed by atoms with van der Waals surface area (Å²) in [6, 6.07) is 17.3. The van der Waals surface area contributed by atoms with E-state index in [1.165, 1.54) is 0 Å². The van der Waals surface area contributed by atoms with Crippen molar-refractivity contribution in [2.75, 3.05) is 11.9 Å². The Bertz CT molecular complexity index is 718. The van der Waals surface area contributed by atoms with Crippen LogP contribution in [0, 0.1) is 5.92 Å². The Labute approximate surface area is 143 Å². The molecule has 2 amide bonds. The van der Waals surface area contributed by atoms with Gasteiger partial charge in [-0.3, -0.25) is 9.59 Å². The van der Waals surface area contributed by atoms with Crippen LogP contribution in [0.2, 0.25) is 0 Å². The Morgan fingerprint density at radius 1 is 1.17 bits per heavy atom. The van der Waals surface area contributed by atoms with Gasteiger partial charge in [0.25, 0.3) is 0 Å². The highest BCUT2D eigenvalue weighted by atomic mass is 79.9. The summed E-state index contributed by atoms with van der Waals surface area (Å²) < 4.78 is 0.906. The number of likely N-dealkylation sites (tertiary alicyclic amines) is 1. The van der Waals surface area contributed by atoms with Gasteiger partial charge in [-0.15, -0.1) is 0 Å². The average Bonchev–Trinajstić information content (AvgIpc) is 2.89. The predicted molar refractivity (Wildman–Crippen MR) is 92.7 cm³/mol. The molecule has 0 aromatic heterocycles. The first-order valence-corrected chi connectivity index (χ1v) is 8.29. The highest BCUT2D eigenvalue weighted by molar-refractivity contribution is 9.10. The molecule has 1 saturated heterocycles. The van der Waals surface area contributed by atoms with Crippen molar-refractivity contribution < 1.29 is 9.59 Å². The molecule has 0 radical (unpaired) electrons. The molecule has 0 aliphatic carbocycles. The van der Waals surface area contributed by atoms with Gasteiger partial charge in [0, 0.05) is 29.7 Å². The molecule has 1 fully saturated rings. The Kier molecular flexibility index (Phi) is 4.76. The van der Waals surface area contributed by atoms with E-state index in [4.69, 9.17) is 0 Å². The molecule has 1 heterocycles. The third kappa shape index (κ3) is 3.99. The van der Waals surface area contributed by atoms with Crippen molar-refractivity contribution in [2.24, 2.45) is 5.92 Å². The van der Waals surface area contributed by atoms with Gasteiger partial charge in [-0.05, 0) is 23.8 Å². The number of hydrogen-bond donors (Lipinski definition) is 1. The van der Waals surface area contributed by atoms with E-state index >= 15 is 0 Å². The molecule has 0 bridgehead atoms. The maximum atomic E-state index is 12.4. The summed E-state index contributed by atoms with van der Waals surface area (Å²) in [4.78, 5) is 26.3. The minimum atomic E-state index is -0.301. The molecule has 2 aromatic rings. The molecular weight excluding hydrogens is 356 g/mol. The van der Waals surface area contributed by atoms with Crippen LogP contribution in [0.25, 0.3) is 0 Å². The zero-order valence-corrected chi connectivity index (χ0v) is 14.1. The molecule has 1 aliphatic heterocycles. The Morgan fingerprint density at radius 3 is 2.70 bits per heavy atom. The maximum absolute atomic E-state index is 12.4. The number of amides is 2. The second-order valence-corrected chi connectivity index (χ2v) is 6.58. The highest BCUT2D eigenvalue weighted by Crippen LogP contribution is 2.23. The zero-order chi connectivity index (χ0) is 16.2. The SMILES string of the molecule is O=C(Nc1cccc(Br)c1)[C@H]1CC(=O)N(Cc2ccccc2)C1. The fourth-order valence-corrected chi connectivity index (χ4v) is 3.11. The fraction of sp³-hybridized carbons (Fsp3) is 0.222. The van der Waals surface area contributed by atoms with E-state index in [9.17, 15) is 9.59 Å². The number of anilines is 1. The Morgan fingerprint density at radius 2 is 1.96 bits per heavy atom. The molecule has 0 saturated carbocycles. The summed E-state index contributed by atoms with van der Waals surface area (Å²) in [5.74, 6) is -0.375. The van der Waals surface area contributed by atoms with Crippen molar-refractivity contribution in [1.82, 2.24) is 4.90 Å². The number of nitrogens with zero attached hydrogens (tertiary/aromatic N) is 1. The summed E-state index contributed by atoms with van der Waals surface area (Å²) in [7, 11) is 0. The molecule has 4 nitrogen and oxygen atoms in total. The van der Waals surface area contributed by atoms with Crippen LogP contribution in [0.15, 0.2) is 59.1 Å². The van der Waals surface area contributed by atoms with Crippen LogP contribution >= 0.6 is 15.9 Å². The number of carbonyl (C=O) groups excluding carboxylic acids is 2. The molecule has 118 valence electrons. The lowest BCUT2D eigenvalue weighted by Gasteiger charge is -2.16. The smallest absolute Gasteiger partial charge is 0.229 e. The van der Waals surface area contributed by atoms with Crippen LogP contribution < -0.4 is 5.32 Å². The van der Waals surface area contributed by atoms with E-state index in [2.05, 4.69) is 21.2 Å². The van der Waals surface area contributed by atoms with Gasteiger partial charge in [0.05, 0.1) is 5.92 Å². The van der Waals surface area contributed by atoms with Crippen LogP contribution in [0.5, 0.6) is 0 Å². The minimum absolute atomic E-state index is 0.0308. The van der Waals surface area contributed by atoms with E-state index in [0.29, 0.717) is 13.1 Å². The summed E-state index contributed by atoms with van der Waals surface area (Å²) in [6.45, 7) is 1.02. The Hall–Kier alpha value is -2.14. The lowest BCUT2D eigenvalue weighted by molar-refractivity contribution is -0.128. The van der Waals surface area contributed by atoms with Gasteiger partial charge >= 0.3 is 0 Å². The number of carbonyl (C=O) groups is 2. The summed E-state index contributed by atoms with van der Waals surface area (Å²) >= 11 is 3.38. The van der Waals surface area contributed by atoms with Gasteiger partial charge in [0.2, 0.25) is 11.8 Å². The van der Waals surface area contributed by atoms with Crippen LogP contribution in [0.1, 0.15) is 12.0 Å². The lowest BCUT2D eigenvalue weighted by Crippen LogP contribution is -2.28. The fourth-order valence-electron chi connectivity index (χ4n) is 2.71. The maximum Gasteiger partial charge on any atom is 0.229 e. The molecule has 0 unspecified atom stereocenters. The predicted octanol–water partition coefficient (Wildman–Crippen LogP) is 3.44. The average molecular weight is 373 g/mol. The van der Waals surface area contributed by atoms with Crippen molar-refractivity contribution in [2.45, 2.75) is 13.0 Å². The number of nitrogens with one attached hydrogen (secondary N) is 1. The van der Waals surface area contributed by atoms with Crippen molar-refractivity contribution in [1.29, 1.82) is 0 Å². The van der Waals surface area contributed by atoms with Gasteiger partial charge in [0.15, 0.2) is 0 Å². The van der Waals surface area contributed by atoms with Crippen LogP contribution in [-0.4, -0.2) is 23.3 Å². The molecule has 1 aliphatic rings. The van der Waals surface area contributed by atoms with E-state index in [-0.39, 0.29) is 24.2 Å². The summed E-state index contributed by atoms with van der Waals surface area (Å²) in [5.41, 5.74) is 1.81. The number of hydrogen-bond acceptors (Lipinski definition) is 2. The van der Waals surface area contributed by atoms with Gasteiger partial charge in [0.1, 0.15) is 0 Å². The molecular formula is C18H17BrN2O2. The molecule has 2 aromatic carbocycles. The van der Waals surface area contributed by atoms with E-state index < -0.39 is 0 Å². The zero-order valence-electron chi connectivity index (χ0n) is 12.5. The third-order valence-electron chi connectivity index (χ3n) is 3.89. The van der Waals surface area contributed by atoms with Crippen LogP contribution in [-0.2, 0) is 16.1 Å². The first-order valence-electron chi connectivity index (χ1n) is 7.50. The molecule has 23 heavy (non-hydrogen) atoms. The van der Waals surface area contributed by atoms with Crippen molar-refractivity contribution in [3.05, 3.63) is 64.6 Å². The number of rotatable bonds is 4. The summed E-state index contributed by atoms with van der Waals surface area (Å²) in [5, 5.41) is 2.88. The van der Waals surface area contributed by atoms with Crippen molar-refractivity contribution in [3.8, 4) is 0 Å². The number of benzene rings is 2. The second kappa shape index (κ2) is 6.96. The minimum Gasteiger partial charge on any atom is -0.338 e. The van der Waals surface area contributed by atoms with E-state index in [0.717, 1.165) is 15.7 Å². The van der Waals surface area contributed by atoms with E-state index in [1.807, 2.05) is 54.6 Å². The monoisotopic (exact) mass is 372 g/mol. The van der Waals surface area contributed by atoms with Gasteiger partial charge < -0.3 is 10.2 Å². The van der Waals surface area contributed by atoms with Crippen molar-refractivity contribution in [3.63, 3.8) is 0 Å². The van der Waals surface area contributed by atoms with Crippen LogP contribution in [0.3, 0.4) is 0 Å². The summed E-state index contributed by atoms with van der Waals surface area (Å²) in [6.07, 6.45) is 0.271.